The van der Waals surface area contributed by atoms with Gasteiger partial charge in [-0.05, 0) is 37.5 Å². The van der Waals surface area contributed by atoms with Gasteiger partial charge in [0.25, 0.3) is 0 Å². The third-order valence-corrected chi connectivity index (χ3v) is 4.07. The van der Waals surface area contributed by atoms with Crippen LogP contribution in [0.5, 0.6) is 0 Å². The topological polar surface area (TPSA) is 24.4 Å². The van der Waals surface area contributed by atoms with E-state index in [0.717, 1.165) is 16.6 Å². The summed E-state index contributed by atoms with van der Waals surface area (Å²) >= 11 is 1.81. The molecule has 0 bridgehead atoms. The highest BCUT2D eigenvalue weighted by molar-refractivity contribution is 8.14. The van der Waals surface area contributed by atoms with Gasteiger partial charge in [-0.25, -0.2) is 0 Å². The number of nitrogens with zero attached hydrogens (tertiary/aromatic N) is 1. The van der Waals surface area contributed by atoms with E-state index in [9.17, 15) is 0 Å². The quantitative estimate of drug-likeness (QED) is 0.804. The molecule has 1 aliphatic rings. The van der Waals surface area contributed by atoms with Gasteiger partial charge in [-0.2, -0.15) is 0 Å². The van der Waals surface area contributed by atoms with Crippen molar-refractivity contribution in [3.05, 3.63) is 29.8 Å². The van der Waals surface area contributed by atoms with E-state index >= 15 is 0 Å². The molecule has 86 valence electrons. The second kappa shape index (κ2) is 4.91. The second-order valence-electron chi connectivity index (χ2n) is 4.46. The van der Waals surface area contributed by atoms with Gasteiger partial charge < -0.3 is 5.32 Å². The Hall–Kier alpha value is -0.960. The molecule has 0 fully saturated rings. The molecule has 16 heavy (non-hydrogen) atoms. The lowest BCUT2D eigenvalue weighted by molar-refractivity contribution is 0.537. The van der Waals surface area contributed by atoms with E-state index in [-0.39, 0.29) is 0 Å². The third-order valence-electron chi connectivity index (χ3n) is 2.90. The van der Waals surface area contributed by atoms with E-state index in [2.05, 4.69) is 55.3 Å². The smallest absolute Gasteiger partial charge is 0.161 e. The Kier molecular flexibility index (Phi) is 3.54. The zero-order chi connectivity index (χ0) is 11.5. The predicted octanol–water partition coefficient (Wildman–Crippen LogP) is 3.53. The lowest BCUT2D eigenvalue weighted by atomic mass is 10.1. The molecule has 0 aliphatic carbocycles. The van der Waals surface area contributed by atoms with Crippen LogP contribution in [0.4, 0.5) is 5.69 Å². The van der Waals surface area contributed by atoms with Crippen LogP contribution in [0.1, 0.15) is 19.4 Å². The number of hydrogen-bond acceptors (Lipinski definition) is 3. The van der Waals surface area contributed by atoms with Crippen LogP contribution >= 0.6 is 11.8 Å². The molecule has 1 aliphatic heterocycles. The van der Waals surface area contributed by atoms with Crippen LogP contribution in [-0.2, 0) is 0 Å². The fourth-order valence-corrected chi connectivity index (χ4v) is 2.74. The van der Waals surface area contributed by atoms with Gasteiger partial charge in [0.15, 0.2) is 5.17 Å². The van der Waals surface area contributed by atoms with Crippen molar-refractivity contribution >= 4 is 22.6 Å². The number of amidine groups is 1. The minimum Gasteiger partial charge on any atom is -0.335 e. The molecule has 0 saturated heterocycles. The van der Waals surface area contributed by atoms with Gasteiger partial charge >= 0.3 is 0 Å². The molecule has 2 nitrogen and oxygen atoms in total. The van der Waals surface area contributed by atoms with Crippen molar-refractivity contribution in [1.29, 1.82) is 0 Å². The highest BCUT2D eigenvalue weighted by atomic mass is 32.2. The molecule has 0 radical (unpaired) electrons. The Bertz CT molecular complexity index is 401. The molecular weight excluding hydrogens is 216 g/mol. The number of anilines is 1. The molecule has 0 spiro atoms. The molecule has 2 rings (SSSR count). The van der Waals surface area contributed by atoms with E-state index in [0.29, 0.717) is 12.0 Å². The fourth-order valence-electron chi connectivity index (χ4n) is 1.61. The number of rotatable bonds is 1. The summed E-state index contributed by atoms with van der Waals surface area (Å²) in [6.45, 7) is 6.54. The van der Waals surface area contributed by atoms with Gasteiger partial charge in [0.05, 0.1) is 6.04 Å². The predicted molar refractivity (Wildman–Crippen MR) is 73.3 cm³/mol. The van der Waals surface area contributed by atoms with Crippen molar-refractivity contribution in [1.82, 2.24) is 0 Å². The van der Waals surface area contributed by atoms with Gasteiger partial charge in [-0.15, -0.1) is 0 Å². The van der Waals surface area contributed by atoms with Crippen molar-refractivity contribution in [2.24, 2.45) is 10.9 Å². The Morgan fingerprint density at radius 3 is 2.88 bits per heavy atom. The molecule has 0 aromatic heterocycles. The Morgan fingerprint density at radius 1 is 1.38 bits per heavy atom. The first-order chi connectivity index (χ1) is 7.65. The summed E-state index contributed by atoms with van der Waals surface area (Å²) in [4.78, 5) is 4.66. The van der Waals surface area contributed by atoms with Gasteiger partial charge in [-0.3, -0.25) is 4.99 Å². The number of aryl methyl sites for hydroxylation is 1. The molecule has 0 amide bonds. The SMILES string of the molecule is Cc1cccc(NC2=NC(C)C(C)CS2)c1. The van der Waals surface area contributed by atoms with E-state index in [4.69, 9.17) is 0 Å². The monoisotopic (exact) mass is 234 g/mol. The van der Waals surface area contributed by atoms with Crippen LogP contribution in [-0.4, -0.2) is 17.0 Å². The third kappa shape index (κ3) is 2.79. The number of nitrogens with one attached hydrogen (secondary N) is 1. The van der Waals surface area contributed by atoms with E-state index in [1.165, 1.54) is 5.56 Å². The molecule has 1 N–H and O–H groups in total. The maximum atomic E-state index is 4.66. The van der Waals surface area contributed by atoms with E-state index in [1.807, 2.05) is 11.8 Å². The summed E-state index contributed by atoms with van der Waals surface area (Å²) in [6.07, 6.45) is 0. The number of hydrogen-bond donors (Lipinski definition) is 1. The van der Waals surface area contributed by atoms with Gasteiger partial charge in [0, 0.05) is 11.4 Å². The van der Waals surface area contributed by atoms with Crippen LogP contribution in [0, 0.1) is 12.8 Å². The lowest BCUT2D eigenvalue weighted by Crippen LogP contribution is -2.25. The fraction of sp³-hybridized carbons (Fsp3) is 0.462. The maximum Gasteiger partial charge on any atom is 0.161 e. The molecule has 0 saturated carbocycles. The molecular formula is C13H18N2S. The minimum atomic E-state index is 0.425. The summed E-state index contributed by atoms with van der Waals surface area (Å²) in [7, 11) is 0. The maximum absolute atomic E-state index is 4.66. The Morgan fingerprint density at radius 2 is 2.19 bits per heavy atom. The van der Waals surface area contributed by atoms with Crippen LogP contribution < -0.4 is 5.32 Å². The Labute approximate surface area is 102 Å². The first-order valence-electron chi connectivity index (χ1n) is 5.69. The van der Waals surface area contributed by atoms with Crippen molar-refractivity contribution in [2.45, 2.75) is 26.8 Å². The second-order valence-corrected chi connectivity index (χ2v) is 5.47. The highest BCUT2D eigenvalue weighted by Crippen LogP contribution is 2.23. The summed E-state index contributed by atoms with van der Waals surface area (Å²) in [5, 5.41) is 4.44. The van der Waals surface area contributed by atoms with Crippen molar-refractivity contribution in [3.8, 4) is 0 Å². The Balaban J connectivity index is 2.08. The zero-order valence-electron chi connectivity index (χ0n) is 10.0. The lowest BCUT2D eigenvalue weighted by Gasteiger charge is -2.23. The zero-order valence-corrected chi connectivity index (χ0v) is 10.8. The average Bonchev–Trinajstić information content (AvgIpc) is 2.24. The van der Waals surface area contributed by atoms with E-state index in [1.54, 1.807) is 0 Å². The first-order valence-corrected chi connectivity index (χ1v) is 6.68. The normalized spacial score (nSPS) is 25.1. The van der Waals surface area contributed by atoms with Crippen LogP contribution in [0.3, 0.4) is 0 Å². The van der Waals surface area contributed by atoms with Crippen molar-refractivity contribution in [2.75, 3.05) is 11.1 Å². The molecule has 1 aromatic rings. The molecule has 3 heteroatoms. The summed E-state index contributed by atoms with van der Waals surface area (Å²) in [5.41, 5.74) is 2.40. The molecule has 2 atom stereocenters. The minimum absolute atomic E-state index is 0.425. The highest BCUT2D eigenvalue weighted by Gasteiger charge is 2.18. The van der Waals surface area contributed by atoms with Crippen LogP contribution in [0.25, 0.3) is 0 Å². The van der Waals surface area contributed by atoms with Gasteiger partial charge in [0.2, 0.25) is 0 Å². The average molecular weight is 234 g/mol. The van der Waals surface area contributed by atoms with Gasteiger partial charge in [-0.1, -0.05) is 30.8 Å². The molecule has 2 unspecified atom stereocenters. The number of benzene rings is 1. The van der Waals surface area contributed by atoms with Crippen molar-refractivity contribution in [3.63, 3.8) is 0 Å². The number of thioether (sulfide) groups is 1. The van der Waals surface area contributed by atoms with Gasteiger partial charge in [0.1, 0.15) is 0 Å². The van der Waals surface area contributed by atoms with E-state index < -0.39 is 0 Å². The van der Waals surface area contributed by atoms with Crippen LogP contribution in [0.2, 0.25) is 0 Å². The first kappa shape index (κ1) is 11.5. The van der Waals surface area contributed by atoms with Crippen molar-refractivity contribution < 1.29 is 0 Å². The molecule has 1 heterocycles. The van der Waals surface area contributed by atoms with Crippen LogP contribution in [0.15, 0.2) is 29.3 Å². The summed E-state index contributed by atoms with van der Waals surface area (Å²) in [6, 6.07) is 8.82. The largest absolute Gasteiger partial charge is 0.335 e. The standard InChI is InChI=1S/C13H18N2S/c1-9-5-4-6-12(7-9)15-13-14-11(3)10(2)8-16-13/h4-7,10-11H,8H2,1-3H3,(H,14,15). The molecule has 1 aromatic carbocycles. The summed E-state index contributed by atoms with van der Waals surface area (Å²) in [5.74, 6) is 1.83. The number of aliphatic imine (C=N–C) groups is 1. The summed E-state index contributed by atoms with van der Waals surface area (Å²) < 4.78 is 0.